The number of Topliss-reactive ketones (excluding diaryl/α,β-unsaturated/α-hetero) is 1. The van der Waals surface area contributed by atoms with Gasteiger partial charge in [-0.1, -0.05) is 12.1 Å². The van der Waals surface area contributed by atoms with Crippen LogP contribution in [0.4, 0.5) is 5.69 Å². The van der Waals surface area contributed by atoms with Gasteiger partial charge in [0, 0.05) is 0 Å². The van der Waals surface area contributed by atoms with E-state index in [2.05, 4.69) is 5.32 Å². The van der Waals surface area contributed by atoms with Crippen molar-refractivity contribution < 1.29 is 14.3 Å². The first-order chi connectivity index (χ1) is 8.63. The normalized spacial score (nSPS) is 9.89. The molecule has 1 aromatic rings. The van der Waals surface area contributed by atoms with Gasteiger partial charge in [-0.25, -0.2) is 0 Å². The minimum absolute atomic E-state index is 0.0718. The second kappa shape index (κ2) is 7.76. The lowest BCUT2D eigenvalue weighted by atomic mass is 10.3. The van der Waals surface area contributed by atoms with Gasteiger partial charge in [-0.3, -0.25) is 9.59 Å². The predicted molar refractivity (Wildman–Crippen MR) is 74.2 cm³/mol. The van der Waals surface area contributed by atoms with Gasteiger partial charge in [0.1, 0.15) is 11.5 Å². The lowest BCUT2D eigenvalue weighted by molar-refractivity contribution is -0.114. The van der Waals surface area contributed by atoms with Crippen LogP contribution in [0.2, 0.25) is 0 Å². The van der Waals surface area contributed by atoms with Crippen LogP contribution >= 0.6 is 11.8 Å². The summed E-state index contributed by atoms with van der Waals surface area (Å²) in [5, 5.41) is 2.77. The van der Waals surface area contributed by atoms with Crippen LogP contribution in [0.5, 0.6) is 5.75 Å². The maximum atomic E-state index is 11.7. The molecule has 0 unspecified atom stereocenters. The van der Waals surface area contributed by atoms with Crippen LogP contribution in [0.25, 0.3) is 0 Å². The molecule has 98 valence electrons. The van der Waals surface area contributed by atoms with Crippen molar-refractivity contribution in [2.24, 2.45) is 0 Å². The first-order valence-electron chi connectivity index (χ1n) is 5.72. The molecule has 0 aliphatic rings. The highest BCUT2D eigenvalue weighted by atomic mass is 32.2. The molecule has 5 heteroatoms. The van der Waals surface area contributed by atoms with Crippen molar-refractivity contribution in [2.45, 2.75) is 13.8 Å². The Labute approximate surface area is 111 Å². The standard InChI is InChI=1S/C13H17NO3S/c1-3-17-12-7-5-4-6-11(12)14-13(16)9-18-8-10(2)15/h4-7H,3,8-9H2,1-2H3,(H,14,16). The summed E-state index contributed by atoms with van der Waals surface area (Å²) in [4.78, 5) is 22.4. The summed E-state index contributed by atoms with van der Waals surface area (Å²) in [6.07, 6.45) is 0. The molecule has 0 atom stereocenters. The van der Waals surface area contributed by atoms with Crippen LogP contribution in [0, 0.1) is 0 Å². The Morgan fingerprint density at radius 2 is 2.00 bits per heavy atom. The fourth-order valence-electron chi connectivity index (χ4n) is 1.33. The monoisotopic (exact) mass is 267 g/mol. The molecule has 1 aromatic carbocycles. The molecule has 0 fully saturated rings. The Bertz CT molecular complexity index is 420. The van der Waals surface area contributed by atoms with Crippen LogP contribution in [0.15, 0.2) is 24.3 Å². The summed E-state index contributed by atoms with van der Waals surface area (Å²) in [6, 6.07) is 7.28. The van der Waals surface area contributed by atoms with E-state index >= 15 is 0 Å². The number of ketones is 1. The van der Waals surface area contributed by atoms with E-state index in [-0.39, 0.29) is 17.4 Å². The molecule has 0 heterocycles. The molecule has 1 amide bonds. The van der Waals surface area contributed by atoms with Crippen molar-refractivity contribution in [3.05, 3.63) is 24.3 Å². The molecule has 0 spiro atoms. The van der Waals surface area contributed by atoms with E-state index in [0.29, 0.717) is 23.8 Å². The van der Waals surface area contributed by atoms with Crippen molar-refractivity contribution in [2.75, 3.05) is 23.4 Å². The highest BCUT2D eigenvalue weighted by Gasteiger charge is 2.07. The van der Waals surface area contributed by atoms with Gasteiger partial charge in [0.15, 0.2) is 0 Å². The van der Waals surface area contributed by atoms with E-state index in [1.54, 1.807) is 6.07 Å². The van der Waals surface area contributed by atoms with Gasteiger partial charge in [0.05, 0.1) is 23.8 Å². The Morgan fingerprint density at radius 3 is 2.67 bits per heavy atom. The minimum Gasteiger partial charge on any atom is -0.492 e. The first-order valence-corrected chi connectivity index (χ1v) is 6.87. The van der Waals surface area contributed by atoms with Gasteiger partial charge in [-0.2, -0.15) is 0 Å². The van der Waals surface area contributed by atoms with E-state index in [4.69, 9.17) is 4.74 Å². The Kier molecular flexibility index (Phi) is 6.28. The number of thioether (sulfide) groups is 1. The van der Waals surface area contributed by atoms with Crippen LogP contribution < -0.4 is 10.1 Å². The van der Waals surface area contributed by atoms with E-state index < -0.39 is 0 Å². The van der Waals surface area contributed by atoms with Crippen molar-refractivity contribution in [1.29, 1.82) is 0 Å². The molecule has 0 saturated heterocycles. The predicted octanol–water partition coefficient (Wildman–Crippen LogP) is 2.35. The summed E-state index contributed by atoms with van der Waals surface area (Å²) < 4.78 is 5.40. The number of rotatable bonds is 7. The molecule has 18 heavy (non-hydrogen) atoms. The third-order valence-corrected chi connectivity index (χ3v) is 3.08. The SMILES string of the molecule is CCOc1ccccc1NC(=O)CSCC(C)=O. The number of para-hydroxylation sites is 2. The number of carbonyl (C=O) groups excluding carboxylic acids is 2. The molecule has 1 rings (SSSR count). The van der Waals surface area contributed by atoms with E-state index in [0.717, 1.165) is 0 Å². The molecular formula is C13H17NO3S. The molecule has 0 radical (unpaired) electrons. The highest BCUT2D eigenvalue weighted by Crippen LogP contribution is 2.23. The van der Waals surface area contributed by atoms with Crippen LogP contribution in [0.3, 0.4) is 0 Å². The van der Waals surface area contributed by atoms with Gasteiger partial charge in [0.25, 0.3) is 0 Å². The fourth-order valence-corrected chi connectivity index (χ4v) is 1.97. The molecule has 4 nitrogen and oxygen atoms in total. The lowest BCUT2D eigenvalue weighted by Crippen LogP contribution is -2.15. The third-order valence-electron chi connectivity index (χ3n) is 2.00. The Balaban J connectivity index is 2.50. The fraction of sp³-hybridized carbons (Fsp3) is 0.385. The van der Waals surface area contributed by atoms with Gasteiger partial charge in [-0.05, 0) is 26.0 Å². The van der Waals surface area contributed by atoms with Gasteiger partial charge < -0.3 is 10.1 Å². The van der Waals surface area contributed by atoms with Gasteiger partial charge in [-0.15, -0.1) is 11.8 Å². The van der Waals surface area contributed by atoms with Crippen LogP contribution in [-0.4, -0.2) is 29.8 Å². The topological polar surface area (TPSA) is 55.4 Å². The summed E-state index contributed by atoms with van der Waals surface area (Å²) in [7, 11) is 0. The maximum Gasteiger partial charge on any atom is 0.234 e. The van der Waals surface area contributed by atoms with Crippen molar-refractivity contribution >= 4 is 29.1 Å². The van der Waals surface area contributed by atoms with Crippen LogP contribution in [-0.2, 0) is 9.59 Å². The van der Waals surface area contributed by atoms with E-state index in [1.165, 1.54) is 18.7 Å². The molecule has 0 bridgehead atoms. The van der Waals surface area contributed by atoms with Crippen molar-refractivity contribution in [3.63, 3.8) is 0 Å². The quantitative estimate of drug-likeness (QED) is 0.824. The first kappa shape index (κ1) is 14.6. The second-order valence-electron chi connectivity index (χ2n) is 3.67. The molecule has 0 aliphatic carbocycles. The largest absolute Gasteiger partial charge is 0.492 e. The maximum absolute atomic E-state index is 11.7. The highest BCUT2D eigenvalue weighted by molar-refractivity contribution is 8.00. The molecule has 1 N–H and O–H groups in total. The van der Waals surface area contributed by atoms with Crippen molar-refractivity contribution in [1.82, 2.24) is 0 Å². The summed E-state index contributed by atoms with van der Waals surface area (Å²) in [5.74, 6) is 1.22. The molecule has 0 aromatic heterocycles. The van der Waals surface area contributed by atoms with Gasteiger partial charge in [0.2, 0.25) is 5.91 Å². The van der Waals surface area contributed by atoms with E-state index in [1.807, 2.05) is 25.1 Å². The number of benzene rings is 1. The number of hydrogen-bond donors (Lipinski definition) is 1. The summed E-state index contributed by atoms with van der Waals surface area (Å²) in [6.45, 7) is 3.95. The molecule has 0 saturated carbocycles. The summed E-state index contributed by atoms with van der Waals surface area (Å²) in [5.41, 5.74) is 0.660. The Morgan fingerprint density at radius 1 is 1.28 bits per heavy atom. The third kappa shape index (κ3) is 5.23. The summed E-state index contributed by atoms with van der Waals surface area (Å²) >= 11 is 1.31. The Hall–Kier alpha value is -1.49. The zero-order chi connectivity index (χ0) is 13.4. The van der Waals surface area contributed by atoms with Gasteiger partial charge >= 0.3 is 0 Å². The second-order valence-corrected chi connectivity index (χ2v) is 4.66. The number of nitrogens with one attached hydrogen (secondary N) is 1. The van der Waals surface area contributed by atoms with E-state index in [9.17, 15) is 9.59 Å². The smallest absolute Gasteiger partial charge is 0.234 e. The zero-order valence-corrected chi connectivity index (χ0v) is 11.4. The number of ether oxygens (including phenoxy) is 1. The number of anilines is 1. The lowest BCUT2D eigenvalue weighted by Gasteiger charge is -2.10. The number of amides is 1. The number of hydrogen-bond acceptors (Lipinski definition) is 4. The van der Waals surface area contributed by atoms with Crippen LogP contribution in [0.1, 0.15) is 13.8 Å². The van der Waals surface area contributed by atoms with Crippen molar-refractivity contribution in [3.8, 4) is 5.75 Å². The average Bonchev–Trinajstić information content (AvgIpc) is 2.31. The zero-order valence-electron chi connectivity index (χ0n) is 10.6. The average molecular weight is 267 g/mol. The number of carbonyl (C=O) groups is 2. The molecule has 0 aliphatic heterocycles. The minimum atomic E-state index is -0.131. The molecular weight excluding hydrogens is 250 g/mol.